The van der Waals surface area contributed by atoms with E-state index in [4.69, 9.17) is 15.3 Å². The van der Waals surface area contributed by atoms with E-state index in [0.717, 1.165) is 15.9 Å². The number of nitrogens with two attached hydrogens (primary N) is 1. The molecule has 2 aromatic carbocycles. The first-order valence-electron chi connectivity index (χ1n) is 8.03. The maximum atomic E-state index is 12.4. The van der Waals surface area contributed by atoms with Gasteiger partial charge in [0.15, 0.2) is 11.5 Å². The molecule has 0 aliphatic rings. The molecule has 0 saturated carbocycles. The topological polar surface area (TPSA) is 104 Å². The average molecular weight is 385 g/mol. The molecule has 0 fully saturated rings. The van der Waals surface area contributed by atoms with E-state index in [1.807, 2.05) is 48.5 Å². The second-order valence-electron chi connectivity index (χ2n) is 5.48. The van der Waals surface area contributed by atoms with E-state index in [1.54, 1.807) is 14.2 Å². The Hall–Kier alpha value is -3.20. The second kappa shape index (κ2) is 8.45. The standard InChI is InChI=1S/C18H19N5O3S/c1-25-14-9-8-12(10-15(14)26-2)11-27-18-22-21-16(17(24)23(18)19)20-13-6-4-3-5-7-13/h3-10H,11,19H2,1-2H3,(H,20,21). The molecule has 0 spiro atoms. The van der Waals surface area contributed by atoms with E-state index in [2.05, 4.69) is 15.5 Å². The van der Waals surface area contributed by atoms with Gasteiger partial charge < -0.3 is 20.6 Å². The lowest BCUT2D eigenvalue weighted by Gasteiger charge is -2.11. The van der Waals surface area contributed by atoms with E-state index in [0.29, 0.717) is 22.4 Å². The maximum absolute atomic E-state index is 12.4. The lowest BCUT2D eigenvalue weighted by atomic mass is 10.2. The van der Waals surface area contributed by atoms with Crippen molar-refractivity contribution in [3.05, 3.63) is 64.4 Å². The van der Waals surface area contributed by atoms with Crippen LogP contribution in [-0.2, 0) is 5.75 Å². The minimum Gasteiger partial charge on any atom is -0.493 e. The molecule has 0 aliphatic carbocycles. The third-order valence-corrected chi connectivity index (χ3v) is 4.73. The zero-order valence-electron chi connectivity index (χ0n) is 14.9. The van der Waals surface area contributed by atoms with Crippen molar-refractivity contribution in [2.75, 3.05) is 25.4 Å². The molecule has 0 amide bonds. The molecule has 0 unspecified atom stereocenters. The first kappa shape index (κ1) is 18.6. The van der Waals surface area contributed by atoms with Crippen molar-refractivity contribution in [1.82, 2.24) is 14.9 Å². The van der Waals surface area contributed by atoms with Gasteiger partial charge in [-0.1, -0.05) is 36.0 Å². The highest BCUT2D eigenvalue weighted by Crippen LogP contribution is 2.30. The van der Waals surface area contributed by atoms with Crippen LogP contribution in [-0.4, -0.2) is 29.1 Å². The van der Waals surface area contributed by atoms with Crippen LogP contribution in [0, 0.1) is 0 Å². The third kappa shape index (κ3) is 4.32. The molecule has 140 valence electrons. The summed E-state index contributed by atoms with van der Waals surface area (Å²) in [5.74, 6) is 7.79. The van der Waals surface area contributed by atoms with E-state index in [-0.39, 0.29) is 5.82 Å². The molecule has 3 rings (SSSR count). The number of para-hydroxylation sites is 1. The predicted octanol–water partition coefficient (Wildman–Crippen LogP) is 2.41. The van der Waals surface area contributed by atoms with Gasteiger partial charge in [0.2, 0.25) is 11.0 Å². The normalized spacial score (nSPS) is 10.4. The zero-order chi connectivity index (χ0) is 19.2. The minimum atomic E-state index is -0.455. The van der Waals surface area contributed by atoms with Crippen molar-refractivity contribution < 1.29 is 9.47 Å². The fourth-order valence-corrected chi connectivity index (χ4v) is 3.13. The highest BCUT2D eigenvalue weighted by molar-refractivity contribution is 7.98. The Bertz CT molecular complexity index is 978. The summed E-state index contributed by atoms with van der Waals surface area (Å²) in [6.07, 6.45) is 0. The highest BCUT2D eigenvalue weighted by atomic mass is 32.2. The molecule has 0 aliphatic heterocycles. The summed E-state index contributed by atoms with van der Waals surface area (Å²) in [5, 5.41) is 11.3. The number of nitrogens with one attached hydrogen (secondary N) is 1. The number of ether oxygens (including phenoxy) is 2. The number of aromatic nitrogens is 3. The fraction of sp³-hybridized carbons (Fsp3) is 0.167. The van der Waals surface area contributed by atoms with Crippen molar-refractivity contribution >= 4 is 23.3 Å². The van der Waals surface area contributed by atoms with Gasteiger partial charge in [-0.3, -0.25) is 4.79 Å². The van der Waals surface area contributed by atoms with Crippen LogP contribution in [0.15, 0.2) is 58.5 Å². The van der Waals surface area contributed by atoms with Crippen molar-refractivity contribution in [1.29, 1.82) is 0 Å². The van der Waals surface area contributed by atoms with Crippen molar-refractivity contribution in [2.45, 2.75) is 10.9 Å². The van der Waals surface area contributed by atoms with Gasteiger partial charge in [0, 0.05) is 11.4 Å². The third-order valence-electron chi connectivity index (χ3n) is 3.72. The van der Waals surface area contributed by atoms with Crippen LogP contribution in [0.25, 0.3) is 0 Å². The van der Waals surface area contributed by atoms with Crippen molar-refractivity contribution in [3.63, 3.8) is 0 Å². The first-order chi connectivity index (χ1) is 13.1. The molecule has 8 nitrogen and oxygen atoms in total. The molecule has 3 N–H and O–H groups in total. The van der Waals surface area contributed by atoms with E-state index in [9.17, 15) is 4.79 Å². The molecule has 3 aromatic rings. The number of hydrogen-bond donors (Lipinski definition) is 2. The van der Waals surface area contributed by atoms with Gasteiger partial charge in [0.05, 0.1) is 14.2 Å². The van der Waals surface area contributed by atoms with E-state index >= 15 is 0 Å². The van der Waals surface area contributed by atoms with Crippen LogP contribution in [0.3, 0.4) is 0 Å². The summed E-state index contributed by atoms with van der Waals surface area (Å²) in [6.45, 7) is 0. The van der Waals surface area contributed by atoms with Gasteiger partial charge in [-0.25, -0.2) is 0 Å². The highest BCUT2D eigenvalue weighted by Gasteiger charge is 2.12. The van der Waals surface area contributed by atoms with Crippen LogP contribution >= 0.6 is 11.8 Å². The molecular formula is C18H19N5O3S. The Morgan fingerprint density at radius 1 is 1.07 bits per heavy atom. The summed E-state index contributed by atoms with van der Waals surface area (Å²) >= 11 is 1.30. The summed E-state index contributed by atoms with van der Waals surface area (Å²) < 4.78 is 11.5. The Labute approximate surface area is 160 Å². The Kier molecular flexibility index (Phi) is 5.82. The number of rotatable bonds is 7. The predicted molar refractivity (Wildman–Crippen MR) is 105 cm³/mol. The molecule has 27 heavy (non-hydrogen) atoms. The molecule has 0 saturated heterocycles. The number of benzene rings is 2. The number of methoxy groups -OCH3 is 2. The number of hydrogen-bond acceptors (Lipinski definition) is 8. The molecule has 0 atom stereocenters. The zero-order valence-corrected chi connectivity index (χ0v) is 15.7. The number of thioether (sulfide) groups is 1. The second-order valence-corrected chi connectivity index (χ2v) is 6.42. The van der Waals surface area contributed by atoms with Gasteiger partial charge in [0.1, 0.15) is 0 Å². The van der Waals surface area contributed by atoms with Gasteiger partial charge in [0.25, 0.3) is 0 Å². The SMILES string of the molecule is COc1ccc(CSc2nnc(Nc3ccccc3)c(=O)n2N)cc1OC. The average Bonchev–Trinajstić information content (AvgIpc) is 2.71. The summed E-state index contributed by atoms with van der Waals surface area (Å²) in [6, 6.07) is 14.8. The lowest BCUT2D eigenvalue weighted by molar-refractivity contribution is 0.354. The summed E-state index contributed by atoms with van der Waals surface area (Å²) in [7, 11) is 3.16. The fourth-order valence-electron chi connectivity index (χ4n) is 2.34. The molecule has 9 heteroatoms. The number of nitrogens with zero attached hydrogens (tertiary/aromatic N) is 3. The largest absolute Gasteiger partial charge is 0.493 e. The number of nitrogen functional groups attached to an aromatic ring is 1. The van der Waals surface area contributed by atoms with Gasteiger partial charge >= 0.3 is 5.56 Å². The molecule has 0 bridgehead atoms. The van der Waals surface area contributed by atoms with E-state index < -0.39 is 5.56 Å². The van der Waals surface area contributed by atoms with Crippen molar-refractivity contribution in [2.24, 2.45) is 0 Å². The van der Waals surface area contributed by atoms with Gasteiger partial charge in [-0.05, 0) is 29.8 Å². The van der Waals surface area contributed by atoms with Crippen LogP contribution < -0.4 is 26.2 Å². The van der Waals surface area contributed by atoms with Crippen LogP contribution in [0.5, 0.6) is 11.5 Å². The maximum Gasteiger partial charge on any atom is 0.315 e. The Morgan fingerprint density at radius 3 is 2.52 bits per heavy atom. The lowest BCUT2D eigenvalue weighted by Crippen LogP contribution is -2.32. The first-order valence-corrected chi connectivity index (χ1v) is 9.01. The van der Waals surface area contributed by atoms with Crippen molar-refractivity contribution in [3.8, 4) is 11.5 Å². The van der Waals surface area contributed by atoms with Crippen LogP contribution in [0.1, 0.15) is 5.56 Å². The quantitative estimate of drug-likeness (QED) is 0.472. The molecule has 1 aromatic heterocycles. The summed E-state index contributed by atoms with van der Waals surface area (Å²) in [4.78, 5) is 12.4. The monoisotopic (exact) mass is 385 g/mol. The Balaban J connectivity index is 1.74. The number of anilines is 2. The van der Waals surface area contributed by atoms with Gasteiger partial charge in [-0.2, -0.15) is 4.68 Å². The smallest absolute Gasteiger partial charge is 0.315 e. The molecular weight excluding hydrogens is 366 g/mol. The molecule has 0 radical (unpaired) electrons. The van der Waals surface area contributed by atoms with Crippen LogP contribution in [0.4, 0.5) is 11.5 Å². The van der Waals surface area contributed by atoms with Crippen LogP contribution in [0.2, 0.25) is 0 Å². The van der Waals surface area contributed by atoms with Gasteiger partial charge in [-0.15, -0.1) is 10.2 Å². The molecule has 1 heterocycles. The Morgan fingerprint density at radius 2 is 1.81 bits per heavy atom. The van der Waals surface area contributed by atoms with E-state index in [1.165, 1.54) is 11.8 Å². The summed E-state index contributed by atoms with van der Waals surface area (Å²) in [5.41, 5.74) is 1.25. The minimum absolute atomic E-state index is 0.0687.